The van der Waals surface area contributed by atoms with E-state index in [2.05, 4.69) is 43.3 Å². The number of hydrogen-bond donors (Lipinski definition) is 1. The summed E-state index contributed by atoms with van der Waals surface area (Å²) in [6, 6.07) is 8.08. The van der Waals surface area contributed by atoms with E-state index in [0.717, 1.165) is 27.7 Å². The van der Waals surface area contributed by atoms with E-state index < -0.39 is 0 Å². The maximum Gasteiger partial charge on any atom is 0.230 e. The zero-order valence-electron chi connectivity index (χ0n) is 19.9. The minimum Gasteiger partial charge on any atom is -0.337 e. The van der Waals surface area contributed by atoms with Crippen molar-refractivity contribution in [3.63, 3.8) is 0 Å². The second-order valence-electron chi connectivity index (χ2n) is 9.92. The number of carbonyl (C=O) groups excluding carboxylic acids is 2. The van der Waals surface area contributed by atoms with Gasteiger partial charge in [0.2, 0.25) is 11.8 Å². The van der Waals surface area contributed by atoms with Gasteiger partial charge in [-0.15, -0.1) is 0 Å². The summed E-state index contributed by atoms with van der Waals surface area (Å²) in [5, 5.41) is 8.70. The molecule has 168 valence electrons. The van der Waals surface area contributed by atoms with Gasteiger partial charge in [-0.05, 0) is 71.7 Å². The summed E-state index contributed by atoms with van der Waals surface area (Å²) in [5.41, 5.74) is 4.81. The summed E-state index contributed by atoms with van der Waals surface area (Å²) < 4.78 is 1.68. The van der Waals surface area contributed by atoms with Gasteiger partial charge in [0.25, 0.3) is 0 Å². The number of pyridine rings is 1. The van der Waals surface area contributed by atoms with Crippen molar-refractivity contribution in [2.75, 3.05) is 11.9 Å². The quantitative estimate of drug-likeness (QED) is 0.670. The zero-order chi connectivity index (χ0) is 23.4. The molecule has 32 heavy (non-hydrogen) atoms. The molecule has 0 saturated carbocycles. The first kappa shape index (κ1) is 22.0. The maximum atomic E-state index is 13.0. The highest BCUT2D eigenvalue weighted by atomic mass is 16.2. The van der Waals surface area contributed by atoms with Crippen molar-refractivity contribution in [1.82, 2.24) is 19.7 Å². The van der Waals surface area contributed by atoms with Gasteiger partial charge in [0.1, 0.15) is 5.82 Å². The van der Waals surface area contributed by atoms with Gasteiger partial charge in [0.15, 0.2) is 5.82 Å². The first-order valence-electron chi connectivity index (χ1n) is 11.0. The highest BCUT2D eigenvalue weighted by Crippen LogP contribution is 2.28. The molecule has 3 heterocycles. The number of likely N-dealkylation sites (tertiary alicyclic amines) is 1. The summed E-state index contributed by atoms with van der Waals surface area (Å²) in [4.78, 5) is 32.1. The molecule has 3 aromatic rings. The molecule has 1 unspecified atom stereocenters. The van der Waals surface area contributed by atoms with E-state index in [1.54, 1.807) is 9.58 Å². The third-order valence-corrected chi connectivity index (χ3v) is 6.05. The molecule has 1 atom stereocenters. The van der Waals surface area contributed by atoms with Gasteiger partial charge in [-0.3, -0.25) is 9.59 Å². The lowest BCUT2D eigenvalue weighted by atomic mass is 10.0. The number of hydrogen-bond acceptors (Lipinski definition) is 4. The normalized spacial score (nSPS) is 16.8. The molecule has 0 aliphatic carbocycles. The van der Waals surface area contributed by atoms with Crippen molar-refractivity contribution >= 4 is 28.5 Å². The largest absolute Gasteiger partial charge is 0.337 e. The molecule has 0 spiro atoms. The third-order valence-electron chi connectivity index (χ3n) is 6.05. The van der Waals surface area contributed by atoms with Crippen LogP contribution in [0.3, 0.4) is 0 Å². The smallest absolute Gasteiger partial charge is 0.230 e. The van der Waals surface area contributed by atoms with Crippen molar-refractivity contribution in [1.29, 1.82) is 0 Å². The molecule has 2 amide bonds. The number of rotatable bonds is 3. The van der Waals surface area contributed by atoms with Crippen molar-refractivity contribution < 1.29 is 9.59 Å². The van der Waals surface area contributed by atoms with Crippen LogP contribution in [0.15, 0.2) is 24.3 Å². The van der Waals surface area contributed by atoms with Gasteiger partial charge in [-0.25, -0.2) is 4.98 Å². The number of aryl methyl sites for hydroxylation is 4. The van der Waals surface area contributed by atoms with Crippen LogP contribution >= 0.6 is 0 Å². The summed E-state index contributed by atoms with van der Waals surface area (Å²) in [6.07, 6.45) is 0.224. The Morgan fingerprint density at radius 1 is 1.06 bits per heavy atom. The number of nitrogens with one attached hydrogen (secondary N) is 1. The molecule has 0 bridgehead atoms. The average molecular weight is 434 g/mol. The minimum atomic E-state index is -0.387. The van der Waals surface area contributed by atoms with E-state index in [9.17, 15) is 9.59 Å². The molecular weight excluding hydrogens is 402 g/mol. The van der Waals surface area contributed by atoms with E-state index in [4.69, 9.17) is 4.98 Å². The highest BCUT2D eigenvalue weighted by Gasteiger charge is 2.39. The number of carbonyl (C=O) groups is 2. The molecule has 1 aliphatic rings. The third kappa shape index (κ3) is 3.99. The van der Waals surface area contributed by atoms with Crippen molar-refractivity contribution in [3.05, 3.63) is 46.6 Å². The first-order chi connectivity index (χ1) is 14.9. The molecule has 1 fully saturated rings. The van der Waals surface area contributed by atoms with Gasteiger partial charge in [0.05, 0.1) is 17.1 Å². The second-order valence-corrected chi connectivity index (χ2v) is 9.92. The Kier molecular flexibility index (Phi) is 5.31. The average Bonchev–Trinajstić information content (AvgIpc) is 3.25. The van der Waals surface area contributed by atoms with Gasteiger partial charge in [-0.1, -0.05) is 11.6 Å². The number of nitrogens with zero attached hydrogens (tertiary/aromatic N) is 4. The van der Waals surface area contributed by atoms with Crippen LogP contribution in [0, 0.1) is 33.6 Å². The molecule has 1 saturated heterocycles. The Bertz CT molecular complexity index is 1240. The maximum absolute atomic E-state index is 13.0. The van der Waals surface area contributed by atoms with E-state index >= 15 is 0 Å². The van der Waals surface area contributed by atoms with Crippen LogP contribution in [-0.4, -0.2) is 43.6 Å². The van der Waals surface area contributed by atoms with Crippen LogP contribution in [0.25, 0.3) is 16.7 Å². The zero-order valence-corrected chi connectivity index (χ0v) is 19.9. The number of anilines is 1. The molecule has 0 radical (unpaired) electrons. The second kappa shape index (κ2) is 7.73. The standard InChI is InChI=1S/C25H31N5O2/c1-14-8-16(3)23-19(9-14)15(2)10-20(26-23)30-21(11-17(4)28-30)27-24(32)18-12-22(31)29(13-18)25(5,6)7/h8-11,18H,12-13H2,1-7H3,(H,27,32). The minimum absolute atomic E-state index is 0.0138. The van der Waals surface area contributed by atoms with Gasteiger partial charge < -0.3 is 10.2 Å². The first-order valence-corrected chi connectivity index (χ1v) is 11.0. The number of amides is 2. The summed E-state index contributed by atoms with van der Waals surface area (Å²) in [7, 11) is 0. The van der Waals surface area contributed by atoms with Crippen LogP contribution < -0.4 is 5.32 Å². The summed E-state index contributed by atoms with van der Waals surface area (Å²) >= 11 is 0. The Morgan fingerprint density at radius 3 is 2.44 bits per heavy atom. The van der Waals surface area contributed by atoms with E-state index in [0.29, 0.717) is 18.2 Å². The molecule has 1 N–H and O–H groups in total. The molecule has 1 aliphatic heterocycles. The van der Waals surface area contributed by atoms with Crippen LogP contribution in [-0.2, 0) is 9.59 Å². The van der Waals surface area contributed by atoms with E-state index in [1.807, 2.05) is 39.8 Å². The number of aromatic nitrogens is 3. The number of benzene rings is 1. The van der Waals surface area contributed by atoms with Crippen molar-refractivity contribution in [3.8, 4) is 5.82 Å². The molecule has 2 aromatic heterocycles. The Balaban J connectivity index is 1.66. The van der Waals surface area contributed by atoms with Gasteiger partial charge >= 0.3 is 0 Å². The Morgan fingerprint density at radius 2 is 1.78 bits per heavy atom. The molecule has 4 rings (SSSR count). The van der Waals surface area contributed by atoms with Crippen LogP contribution in [0.5, 0.6) is 0 Å². The fraction of sp³-hybridized carbons (Fsp3) is 0.440. The van der Waals surface area contributed by atoms with Gasteiger partial charge in [-0.2, -0.15) is 9.78 Å². The fourth-order valence-corrected chi connectivity index (χ4v) is 4.46. The lowest BCUT2D eigenvalue weighted by Gasteiger charge is -2.31. The predicted molar refractivity (Wildman–Crippen MR) is 126 cm³/mol. The monoisotopic (exact) mass is 433 g/mol. The fourth-order valence-electron chi connectivity index (χ4n) is 4.46. The van der Waals surface area contributed by atoms with Crippen LogP contribution in [0.4, 0.5) is 5.82 Å². The predicted octanol–water partition coefficient (Wildman–Crippen LogP) is 4.24. The van der Waals surface area contributed by atoms with Crippen molar-refractivity contribution in [2.45, 2.75) is 60.4 Å². The number of fused-ring (bicyclic) bond motifs is 1. The van der Waals surface area contributed by atoms with Gasteiger partial charge in [0, 0.05) is 30.0 Å². The lowest BCUT2D eigenvalue weighted by Crippen LogP contribution is -2.42. The molecule has 7 heteroatoms. The molecule has 1 aromatic carbocycles. The highest BCUT2D eigenvalue weighted by molar-refractivity contribution is 5.97. The van der Waals surface area contributed by atoms with E-state index in [-0.39, 0.29) is 29.7 Å². The summed E-state index contributed by atoms with van der Waals surface area (Å²) in [5.74, 6) is 0.673. The van der Waals surface area contributed by atoms with Crippen molar-refractivity contribution in [2.24, 2.45) is 5.92 Å². The lowest BCUT2D eigenvalue weighted by molar-refractivity contribution is -0.131. The topological polar surface area (TPSA) is 80.1 Å². The SMILES string of the molecule is Cc1cc(C)c2nc(-n3nc(C)cc3NC(=O)C3CC(=O)N(C(C)(C)C)C3)cc(C)c2c1. The Labute approximate surface area is 188 Å². The van der Waals surface area contributed by atoms with E-state index in [1.165, 1.54) is 5.56 Å². The molecule has 7 nitrogen and oxygen atoms in total. The molecular formula is C25H31N5O2. The van der Waals surface area contributed by atoms with Crippen LogP contribution in [0.1, 0.15) is 49.6 Å². The van der Waals surface area contributed by atoms with Crippen LogP contribution in [0.2, 0.25) is 0 Å². The Hall–Kier alpha value is -3.22. The summed E-state index contributed by atoms with van der Waals surface area (Å²) in [6.45, 7) is 14.5.